The Labute approximate surface area is 121 Å². The third kappa shape index (κ3) is 3.50. The quantitative estimate of drug-likeness (QED) is 0.863. The fourth-order valence-electron chi connectivity index (χ4n) is 2.27. The SMILES string of the molecule is CCN(CC)c1ccc(NCc2ncccc2C)cc1. The van der Waals surface area contributed by atoms with Crippen LogP contribution < -0.4 is 10.2 Å². The van der Waals surface area contributed by atoms with Gasteiger partial charge in [-0.2, -0.15) is 0 Å². The number of aromatic nitrogens is 1. The summed E-state index contributed by atoms with van der Waals surface area (Å²) in [5, 5.41) is 3.42. The van der Waals surface area contributed by atoms with Crippen molar-refractivity contribution in [1.82, 2.24) is 4.98 Å². The van der Waals surface area contributed by atoms with Gasteiger partial charge in [-0.1, -0.05) is 6.07 Å². The number of pyridine rings is 1. The van der Waals surface area contributed by atoms with Crippen molar-refractivity contribution in [3.8, 4) is 0 Å². The van der Waals surface area contributed by atoms with E-state index in [2.05, 4.69) is 66.3 Å². The van der Waals surface area contributed by atoms with Crippen molar-refractivity contribution < 1.29 is 0 Å². The average Bonchev–Trinajstić information content (AvgIpc) is 2.49. The minimum atomic E-state index is 0.761. The van der Waals surface area contributed by atoms with Crippen molar-refractivity contribution in [2.24, 2.45) is 0 Å². The molecule has 0 saturated heterocycles. The molecular formula is C17H23N3. The van der Waals surface area contributed by atoms with E-state index in [9.17, 15) is 0 Å². The van der Waals surface area contributed by atoms with E-state index < -0.39 is 0 Å². The van der Waals surface area contributed by atoms with Crippen LogP contribution in [0.3, 0.4) is 0 Å². The van der Waals surface area contributed by atoms with Crippen molar-refractivity contribution in [2.45, 2.75) is 27.3 Å². The summed E-state index contributed by atoms with van der Waals surface area (Å²) in [4.78, 5) is 6.73. The molecule has 2 aromatic rings. The maximum atomic E-state index is 4.39. The highest BCUT2D eigenvalue weighted by atomic mass is 15.1. The molecule has 0 aliphatic rings. The Kier molecular flexibility index (Phi) is 4.99. The van der Waals surface area contributed by atoms with E-state index in [0.717, 1.165) is 31.0 Å². The Morgan fingerprint density at radius 3 is 2.35 bits per heavy atom. The lowest BCUT2D eigenvalue weighted by Gasteiger charge is -2.21. The van der Waals surface area contributed by atoms with Gasteiger partial charge in [-0.25, -0.2) is 0 Å². The Morgan fingerprint density at radius 1 is 1.05 bits per heavy atom. The molecule has 0 radical (unpaired) electrons. The van der Waals surface area contributed by atoms with Gasteiger partial charge in [0.05, 0.1) is 12.2 Å². The normalized spacial score (nSPS) is 10.3. The van der Waals surface area contributed by atoms with E-state index >= 15 is 0 Å². The smallest absolute Gasteiger partial charge is 0.0623 e. The van der Waals surface area contributed by atoms with Crippen LogP contribution in [0, 0.1) is 6.92 Å². The number of benzene rings is 1. The molecule has 1 aromatic carbocycles. The summed E-state index contributed by atoms with van der Waals surface area (Å²) in [5.74, 6) is 0. The standard InChI is InChI=1S/C17H23N3/c1-4-20(5-2)16-10-8-15(9-11-16)19-13-17-14(3)7-6-12-18-17/h6-12,19H,4-5,13H2,1-3H3. The predicted molar refractivity (Wildman–Crippen MR) is 86.3 cm³/mol. The van der Waals surface area contributed by atoms with Crippen molar-refractivity contribution in [3.63, 3.8) is 0 Å². The van der Waals surface area contributed by atoms with Gasteiger partial charge < -0.3 is 10.2 Å². The summed E-state index contributed by atoms with van der Waals surface area (Å²) >= 11 is 0. The Bertz CT molecular complexity index is 530. The summed E-state index contributed by atoms with van der Waals surface area (Å²) < 4.78 is 0. The fraction of sp³-hybridized carbons (Fsp3) is 0.353. The van der Waals surface area contributed by atoms with Crippen LogP contribution in [-0.2, 0) is 6.54 Å². The molecule has 3 heteroatoms. The molecule has 0 aliphatic carbocycles. The summed E-state index contributed by atoms with van der Waals surface area (Å²) in [7, 11) is 0. The minimum Gasteiger partial charge on any atom is -0.379 e. The van der Waals surface area contributed by atoms with Gasteiger partial charge >= 0.3 is 0 Å². The zero-order chi connectivity index (χ0) is 14.4. The molecule has 0 amide bonds. The molecular weight excluding hydrogens is 246 g/mol. The highest BCUT2D eigenvalue weighted by Crippen LogP contribution is 2.18. The molecule has 0 fully saturated rings. The summed E-state index contributed by atoms with van der Waals surface area (Å²) in [6, 6.07) is 12.7. The first-order valence-electron chi connectivity index (χ1n) is 7.24. The van der Waals surface area contributed by atoms with Crippen LogP contribution in [0.5, 0.6) is 0 Å². The van der Waals surface area contributed by atoms with Crippen molar-refractivity contribution >= 4 is 11.4 Å². The number of hydrogen-bond donors (Lipinski definition) is 1. The van der Waals surface area contributed by atoms with Crippen LogP contribution in [0.1, 0.15) is 25.1 Å². The van der Waals surface area contributed by atoms with Crippen LogP contribution >= 0.6 is 0 Å². The van der Waals surface area contributed by atoms with Crippen LogP contribution in [0.2, 0.25) is 0 Å². The Morgan fingerprint density at radius 2 is 1.75 bits per heavy atom. The molecule has 0 spiro atoms. The monoisotopic (exact) mass is 269 g/mol. The van der Waals surface area contributed by atoms with E-state index in [-0.39, 0.29) is 0 Å². The average molecular weight is 269 g/mol. The second-order valence-corrected chi connectivity index (χ2v) is 4.84. The molecule has 1 N–H and O–H groups in total. The number of nitrogens with zero attached hydrogens (tertiary/aromatic N) is 2. The first-order valence-corrected chi connectivity index (χ1v) is 7.24. The molecule has 0 saturated carbocycles. The Hall–Kier alpha value is -2.03. The highest BCUT2D eigenvalue weighted by molar-refractivity contribution is 5.55. The predicted octanol–water partition coefficient (Wildman–Crippen LogP) is 3.85. The minimum absolute atomic E-state index is 0.761. The van der Waals surface area contributed by atoms with Crippen LogP contribution in [0.25, 0.3) is 0 Å². The van der Waals surface area contributed by atoms with E-state index in [1.54, 1.807) is 0 Å². The summed E-state index contributed by atoms with van der Waals surface area (Å²) in [6.07, 6.45) is 1.84. The topological polar surface area (TPSA) is 28.2 Å². The maximum Gasteiger partial charge on any atom is 0.0623 e. The van der Waals surface area contributed by atoms with Gasteiger partial charge in [0.2, 0.25) is 0 Å². The molecule has 2 rings (SSSR count). The molecule has 0 aliphatic heterocycles. The lowest BCUT2D eigenvalue weighted by molar-refractivity contribution is 0.866. The first-order chi connectivity index (χ1) is 9.74. The van der Waals surface area contributed by atoms with Gasteiger partial charge in [-0.3, -0.25) is 4.98 Å². The number of hydrogen-bond acceptors (Lipinski definition) is 3. The summed E-state index contributed by atoms with van der Waals surface area (Å²) in [5.41, 5.74) is 4.72. The maximum absolute atomic E-state index is 4.39. The zero-order valence-electron chi connectivity index (χ0n) is 12.6. The molecule has 1 heterocycles. The second-order valence-electron chi connectivity index (χ2n) is 4.84. The van der Waals surface area contributed by atoms with Crippen LogP contribution in [-0.4, -0.2) is 18.1 Å². The molecule has 106 valence electrons. The van der Waals surface area contributed by atoms with Gasteiger partial charge in [0.15, 0.2) is 0 Å². The Balaban J connectivity index is 1.99. The first kappa shape index (κ1) is 14.4. The molecule has 3 nitrogen and oxygen atoms in total. The lowest BCUT2D eigenvalue weighted by atomic mass is 10.2. The van der Waals surface area contributed by atoms with Crippen LogP contribution in [0.4, 0.5) is 11.4 Å². The van der Waals surface area contributed by atoms with E-state index in [1.165, 1.54) is 11.3 Å². The number of nitrogens with one attached hydrogen (secondary N) is 1. The van der Waals surface area contributed by atoms with Gasteiger partial charge in [0.1, 0.15) is 0 Å². The van der Waals surface area contributed by atoms with Gasteiger partial charge in [0.25, 0.3) is 0 Å². The van der Waals surface area contributed by atoms with E-state index in [0.29, 0.717) is 0 Å². The summed E-state index contributed by atoms with van der Waals surface area (Å²) in [6.45, 7) is 9.29. The zero-order valence-corrected chi connectivity index (χ0v) is 12.6. The van der Waals surface area contributed by atoms with Crippen LogP contribution in [0.15, 0.2) is 42.6 Å². The molecule has 0 bridgehead atoms. The van der Waals surface area contributed by atoms with E-state index in [4.69, 9.17) is 0 Å². The van der Waals surface area contributed by atoms with E-state index in [1.807, 2.05) is 12.3 Å². The van der Waals surface area contributed by atoms with Gasteiger partial charge in [-0.15, -0.1) is 0 Å². The highest BCUT2D eigenvalue weighted by Gasteiger charge is 2.02. The molecule has 0 unspecified atom stereocenters. The molecule has 1 aromatic heterocycles. The van der Waals surface area contributed by atoms with Gasteiger partial charge in [-0.05, 0) is 56.7 Å². The van der Waals surface area contributed by atoms with Crippen molar-refractivity contribution in [3.05, 3.63) is 53.9 Å². The molecule has 0 atom stereocenters. The third-order valence-corrected chi connectivity index (χ3v) is 3.57. The number of rotatable bonds is 6. The van der Waals surface area contributed by atoms with Gasteiger partial charge in [0, 0.05) is 30.7 Å². The number of aryl methyl sites for hydroxylation is 1. The molecule has 20 heavy (non-hydrogen) atoms. The van der Waals surface area contributed by atoms with Crippen molar-refractivity contribution in [2.75, 3.05) is 23.3 Å². The largest absolute Gasteiger partial charge is 0.379 e. The fourth-order valence-corrected chi connectivity index (χ4v) is 2.27. The number of anilines is 2. The lowest BCUT2D eigenvalue weighted by Crippen LogP contribution is -2.21. The second kappa shape index (κ2) is 6.94. The van der Waals surface area contributed by atoms with Crippen molar-refractivity contribution in [1.29, 1.82) is 0 Å². The third-order valence-electron chi connectivity index (χ3n) is 3.57.